The lowest BCUT2D eigenvalue weighted by atomic mass is 9.79. The van der Waals surface area contributed by atoms with Gasteiger partial charge in [0.2, 0.25) is 0 Å². The Morgan fingerprint density at radius 2 is 1.90 bits per heavy atom. The van der Waals surface area contributed by atoms with E-state index in [4.69, 9.17) is 5.11 Å². The Morgan fingerprint density at radius 1 is 1.10 bits per heavy atom. The third-order valence-corrected chi connectivity index (χ3v) is 3.94. The zero-order chi connectivity index (χ0) is 14.1. The van der Waals surface area contributed by atoms with Crippen LogP contribution in [0.25, 0.3) is 11.1 Å². The topological polar surface area (TPSA) is 37.3 Å². The van der Waals surface area contributed by atoms with E-state index in [1.165, 1.54) is 37.0 Å². The van der Waals surface area contributed by atoms with Crippen LogP contribution in [0.1, 0.15) is 41.1 Å². The average molecular weight is 270 g/mol. The van der Waals surface area contributed by atoms with Crippen LogP contribution in [0.3, 0.4) is 0 Å². The van der Waals surface area contributed by atoms with E-state index in [0.717, 1.165) is 11.6 Å². The molecule has 0 aliphatic heterocycles. The molecule has 0 amide bonds. The molecule has 0 radical (unpaired) electrons. The molecule has 2 aromatic carbocycles. The van der Waals surface area contributed by atoms with Crippen LogP contribution in [-0.2, 0) is 0 Å². The number of carboxylic acids is 1. The van der Waals surface area contributed by atoms with E-state index in [9.17, 15) is 9.18 Å². The van der Waals surface area contributed by atoms with Gasteiger partial charge < -0.3 is 5.11 Å². The predicted molar refractivity (Wildman–Crippen MR) is 75.4 cm³/mol. The van der Waals surface area contributed by atoms with Gasteiger partial charge in [0.05, 0.1) is 5.56 Å². The molecule has 1 aliphatic carbocycles. The SMILES string of the molecule is O=C(O)c1cc(F)cc(-c2cccc(C3CCC3)c2)c1. The Kier molecular flexibility index (Phi) is 3.26. The summed E-state index contributed by atoms with van der Waals surface area (Å²) in [6, 6.07) is 11.9. The largest absolute Gasteiger partial charge is 0.478 e. The van der Waals surface area contributed by atoms with E-state index in [1.807, 2.05) is 18.2 Å². The highest BCUT2D eigenvalue weighted by Crippen LogP contribution is 2.37. The van der Waals surface area contributed by atoms with Gasteiger partial charge in [0.25, 0.3) is 0 Å². The van der Waals surface area contributed by atoms with E-state index in [-0.39, 0.29) is 5.56 Å². The molecular formula is C17H15FO2. The van der Waals surface area contributed by atoms with Gasteiger partial charge in [0.1, 0.15) is 5.82 Å². The fourth-order valence-electron chi connectivity index (χ4n) is 2.59. The number of halogens is 1. The maximum absolute atomic E-state index is 13.5. The van der Waals surface area contributed by atoms with Crippen molar-refractivity contribution in [1.82, 2.24) is 0 Å². The van der Waals surface area contributed by atoms with Crippen molar-refractivity contribution in [1.29, 1.82) is 0 Å². The maximum atomic E-state index is 13.5. The lowest BCUT2D eigenvalue weighted by Gasteiger charge is -2.26. The van der Waals surface area contributed by atoms with Gasteiger partial charge in [-0.25, -0.2) is 9.18 Å². The molecule has 102 valence electrons. The van der Waals surface area contributed by atoms with Gasteiger partial charge in [-0.05, 0) is 53.6 Å². The van der Waals surface area contributed by atoms with E-state index < -0.39 is 11.8 Å². The maximum Gasteiger partial charge on any atom is 0.335 e. The highest BCUT2D eigenvalue weighted by molar-refractivity contribution is 5.89. The first-order valence-electron chi connectivity index (χ1n) is 6.78. The quantitative estimate of drug-likeness (QED) is 0.894. The van der Waals surface area contributed by atoms with Crippen molar-refractivity contribution in [2.24, 2.45) is 0 Å². The molecule has 3 rings (SSSR count). The Labute approximate surface area is 116 Å². The first-order chi connectivity index (χ1) is 9.63. The van der Waals surface area contributed by atoms with Crippen LogP contribution in [0.15, 0.2) is 42.5 Å². The number of hydrogen-bond donors (Lipinski definition) is 1. The molecule has 1 aliphatic rings. The zero-order valence-electron chi connectivity index (χ0n) is 11.0. The second-order valence-corrected chi connectivity index (χ2v) is 5.29. The van der Waals surface area contributed by atoms with Crippen LogP contribution in [-0.4, -0.2) is 11.1 Å². The van der Waals surface area contributed by atoms with Crippen LogP contribution < -0.4 is 0 Å². The smallest absolute Gasteiger partial charge is 0.335 e. The molecule has 1 N–H and O–H groups in total. The molecule has 3 heteroatoms. The molecule has 0 bridgehead atoms. The summed E-state index contributed by atoms with van der Waals surface area (Å²) in [4.78, 5) is 11.0. The van der Waals surface area contributed by atoms with Gasteiger partial charge in [-0.2, -0.15) is 0 Å². The normalized spacial score (nSPS) is 14.8. The molecule has 20 heavy (non-hydrogen) atoms. The molecule has 1 saturated carbocycles. The molecule has 2 aromatic rings. The van der Waals surface area contributed by atoms with Gasteiger partial charge in [-0.3, -0.25) is 0 Å². The number of carboxylic acid groups (broad SMARTS) is 1. The molecule has 0 heterocycles. The second-order valence-electron chi connectivity index (χ2n) is 5.29. The standard InChI is InChI=1S/C17H15FO2/c18-16-9-14(8-15(10-16)17(19)20)13-6-2-5-12(7-13)11-3-1-4-11/h2,5-11H,1,3-4H2,(H,19,20). The van der Waals surface area contributed by atoms with Crippen LogP contribution in [0, 0.1) is 5.82 Å². The third kappa shape index (κ3) is 2.44. The van der Waals surface area contributed by atoms with E-state index >= 15 is 0 Å². The summed E-state index contributed by atoms with van der Waals surface area (Å²) in [6.07, 6.45) is 3.66. The molecule has 0 spiro atoms. The Hall–Kier alpha value is -2.16. The van der Waals surface area contributed by atoms with Gasteiger partial charge in [-0.1, -0.05) is 30.7 Å². The van der Waals surface area contributed by atoms with Crippen LogP contribution in [0.2, 0.25) is 0 Å². The van der Waals surface area contributed by atoms with Crippen molar-refractivity contribution in [2.45, 2.75) is 25.2 Å². The highest BCUT2D eigenvalue weighted by Gasteiger charge is 2.19. The Balaban J connectivity index is 2.01. The minimum atomic E-state index is -1.11. The first kappa shape index (κ1) is 12.9. The lowest BCUT2D eigenvalue weighted by molar-refractivity contribution is 0.0696. The molecule has 0 aromatic heterocycles. The van der Waals surface area contributed by atoms with Crippen molar-refractivity contribution >= 4 is 5.97 Å². The van der Waals surface area contributed by atoms with Gasteiger partial charge >= 0.3 is 5.97 Å². The summed E-state index contributed by atoms with van der Waals surface area (Å²) in [5.74, 6) is -1.03. The molecule has 0 unspecified atom stereocenters. The Morgan fingerprint density at radius 3 is 2.55 bits per heavy atom. The van der Waals surface area contributed by atoms with Gasteiger partial charge in [0.15, 0.2) is 0 Å². The van der Waals surface area contributed by atoms with Crippen molar-refractivity contribution in [3.63, 3.8) is 0 Å². The molecular weight excluding hydrogens is 255 g/mol. The fourth-order valence-corrected chi connectivity index (χ4v) is 2.59. The lowest BCUT2D eigenvalue weighted by Crippen LogP contribution is -2.08. The van der Waals surface area contributed by atoms with Crippen LogP contribution >= 0.6 is 0 Å². The molecule has 0 saturated heterocycles. The minimum Gasteiger partial charge on any atom is -0.478 e. The molecule has 1 fully saturated rings. The van der Waals surface area contributed by atoms with E-state index in [1.54, 1.807) is 0 Å². The van der Waals surface area contributed by atoms with Crippen molar-refractivity contribution < 1.29 is 14.3 Å². The van der Waals surface area contributed by atoms with Crippen molar-refractivity contribution in [3.8, 4) is 11.1 Å². The van der Waals surface area contributed by atoms with Crippen LogP contribution in [0.4, 0.5) is 4.39 Å². The fraction of sp³-hybridized carbons (Fsp3) is 0.235. The number of benzene rings is 2. The summed E-state index contributed by atoms with van der Waals surface area (Å²) in [6.45, 7) is 0. The van der Waals surface area contributed by atoms with Gasteiger partial charge in [0, 0.05) is 0 Å². The summed E-state index contributed by atoms with van der Waals surface area (Å²) in [7, 11) is 0. The zero-order valence-corrected chi connectivity index (χ0v) is 11.0. The minimum absolute atomic E-state index is 0.0194. The van der Waals surface area contributed by atoms with E-state index in [0.29, 0.717) is 11.5 Å². The molecule has 0 atom stereocenters. The first-order valence-corrected chi connectivity index (χ1v) is 6.78. The monoisotopic (exact) mass is 270 g/mol. The van der Waals surface area contributed by atoms with E-state index in [2.05, 4.69) is 6.07 Å². The summed E-state index contributed by atoms with van der Waals surface area (Å²) in [5, 5.41) is 9.00. The highest BCUT2D eigenvalue weighted by atomic mass is 19.1. The summed E-state index contributed by atoms with van der Waals surface area (Å²) in [5.41, 5.74) is 2.73. The summed E-state index contributed by atoms with van der Waals surface area (Å²) >= 11 is 0. The number of aromatic carboxylic acids is 1. The molecule has 2 nitrogen and oxygen atoms in total. The second kappa shape index (κ2) is 5.08. The number of hydrogen-bond acceptors (Lipinski definition) is 1. The van der Waals surface area contributed by atoms with Crippen molar-refractivity contribution in [2.75, 3.05) is 0 Å². The van der Waals surface area contributed by atoms with Crippen molar-refractivity contribution in [3.05, 3.63) is 59.4 Å². The number of carbonyl (C=O) groups is 1. The Bertz CT molecular complexity index is 660. The predicted octanol–water partition coefficient (Wildman–Crippen LogP) is 4.46. The third-order valence-electron chi connectivity index (χ3n) is 3.94. The average Bonchev–Trinajstić information content (AvgIpc) is 2.36. The van der Waals surface area contributed by atoms with Crippen LogP contribution in [0.5, 0.6) is 0 Å². The number of rotatable bonds is 3. The van der Waals surface area contributed by atoms with Gasteiger partial charge in [-0.15, -0.1) is 0 Å². The summed E-state index contributed by atoms with van der Waals surface area (Å²) < 4.78 is 13.5.